The SMILES string of the molecule is O[C@@H]1[C@H](O)CCC[C@H]1N1C2=CC=C(F)CC2=CCc2cc(F)ccc21. The molecule has 1 aromatic carbocycles. The summed E-state index contributed by atoms with van der Waals surface area (Å²) in [5.74, 6) is -0.527. The lowest BCUT2D eigenvalue weighted by Crippen LogP contribution is -2.51. The van der Waals surface area contributed by atoms with Crippen LogP contribution in [0.4, 0.5) is 14.5 Å². The first-order valence-corrected chi connectivity index (χ1v) is 8.74. The maximum Gasteiger partial charge on any atom is 0.123 e. The van der Waals surface area contributed by atoms with Crippen molar-refractivity contribution < 1.29 is 19.0 Å². The first kappa shape index (κ1) is 16.5. The molecule has 1 heterocycles. The highest BCUT2D eigenvalue weighted by Gasteiger charge is 2.38. The van der Waals surface area contributed by atoms with Gasteiger partial charge in [-0.1, -0.05) is 6.08 Å². The second kappa shape index (κ2) is 6.39. The highest BCUT2D eigenvalue weighted by molar-refractivity contribution is 5.67. The fourth-order valence-electron chi connectivity index (χ4n) is 4.11. The standard InChI is InChI=1S/C20H21F2NO2/c21-14-6-8-16-12(10-14)4-5-13-11-15(22)7-9-17(13)23(16)18-2-1-3-19(24)20(18)25/h4,6-9,11,18-20,24-25H,1-3,5,10H2/t18-,19-,20+/m1/s1. The number of allylic oxidation sites excluding steroid dienone is 5. The number of fused-ring (bicyclic) bond motifs is 2. The van der Waals surface area contributed by atoms with Crippen molar-refractivity contribution in [1.82, 2.24) is 0 Å². The zero-order valence-electron chi connectivity index (χ0n) is 13.8. The van der Waals surface area contributed by atoms with Crippen LogP contribution in [0.3, 0.4) is 0 Å². The number of rotatable bonds is 1. The molecule has 132 valence electrons. The molecule has 3 nitrogen and oxygen atoms in total. The second-order valence-electron chi connectivity index (χ2n) is 6.97. The van der Waals surface area contributed by atoms with Gasteiger partial charge in [0.1, 0.15) is 17.7 Å². The van der Waals surface area contributed by atoms with Crippen LogP contribution in [0.2, 0.25) is 0 Å². The molecular weight excluding hydrogens is 324 g/mol. The molecule has 0 saturated heterocycles. The number of halogens is 2. The zero-order chi connectivity index (χ0) is 17.6. The molecule has 1 aliphatic heterocycles. The minimum absolute atomic E-state index is 0.199. The van der Waals surface area contributed by atoms with Crippen LogP contribution in [-0.4, -0.2) is 28.5 Å². The summed E-state index contributed by atoms with van der Waals surface area (Å²) in [5, 5.41) is 20.7. The van der Waals surface area contributed by atoms with E-state index in [4.69, 9.17) is 0 Å². The fourth-order valence-corrected chi connectivity index (χ4v) is 4.11. The first-order chi connectivity index (χ1) is 12.0. The molecule has 1 fully saturated rings. The Balaban J connectivity index is 1.86. The number of anilines is 1. The Bertz CT molecular complexity index is 784. The van der Waals surface area contributed by atoms with Crippen molar-refractivity contribution >= 4 is 5.69 Å². The lowest BCUT2D eigenvalue weighted by molar-refractivity contribution is -0.0211. The van der Waals surface area contributed by atoms with E-state index in [1.54, 1.807) is 12.1 Å². The van der Waals surface area contributed by atoms with E-state index in [-0.39, 0.29) is 24.1 Å². The highest BCUT2D eigenvalue weighted by Crippen LogP contribution is 2.41. The third-order valence-electron chi connectivity index (χ3n) is 5.36. The largest absolute Gasteiger partial charge is 0.390 e. The summed E-state index contributed by atoms with van der Waals surface area (Å²) >= 11 is 0. The van der Waals surface area contributed by atoms with Gasteiger partial charge in [0.25, 0.3) is 0 Å². The molecule has 0 radical (unpaired) electrons. The Labute approximate surface area is 145 Å². The molecule has 1 aromatic rings. The van der Waals surface area contributed by atoms with Gasteiger partial charge >= 0.3 is 0 Å². The Morgan fingerprint density at radius 2 is 1.92 bits per heavy atom. The van der Waals surface area contributed by atoms with Crippen molar-refractivity contribution in [1.29, 1.82) is 0 Å². The monoisotopic (exact) mass is 345 g/mol. The Hall–Kier alpha value is -1.98. The van der Waals surface area contributed by atoms with Gasteiger partial charge in [-0.25, -0.2) is 8.78 Å². The van der Waals surface area contributed by atoms with Crippen LogP contribution in [0.15, 0.2) is 53.5 Å². The molecule has 3 atom stereocenters. The fraction of sp³-hybridized carbons (Fsp3) is 0.400. The summed E-state index contributed by atoms with van der Waals surface area (Å²) in [6.45, 7) is 0. The van der Waals surface area contributed by atoms with Gasteiger partial charge in [0.05, 0.1) is 12.1 Å². The zero-order valence-corrected chi connectivity index (χ0v) is 13.8. The van der Waals surface area contributed by atoms with E-state index in [1.807, 2.05) is 11.0 Å². The van der Waals surface area contributed by atoms with Gasteiger partial charge in [-0.2, -0.15) is 0 Å². The summed E-state index contributed by atoms with van der Waals surface area (Å²) in [6, 6.07) is 4.29. The molecule has 0 bridgehead atoms. The predicted octanol–water partition coefficient (Wildman–Crippen LogP) is 3.53. The minimum Gasteiger partial charge on any atom is -0.390 e. The van der Waals surface area contributed by atoms with Crippen LogP contribution < -0.4 is 4.90 Å². The number of aliphatic hydroxyl groups excluding tert-OH is 2. The molecule has 0 aromatic heterocycles. The van der Waals surface area contributed by atoms with Crippen LogP contribution in [0.5, 0.6) is 0 Å². The molecule has 0 unspecified atom stereocenters. The van der Waals surface area contributed by atoms with Crippen molar-refractivity contribution in [3.8, 4) is 0 Å². The molecule has 3 aliphatic rings. The summed E-state index contributed by atoms with van der Waals surface area (Å²) in [5.41, 5.74) is 3.28. The van der Waals surface area contributed by atoms with Crippen LogP contribution >= 0.6 is 0 Å². The lowest BCUT2D eigenvalue weighted by atomic mass is 9.87. The third kappa shape index (κ3) is 2.92. The van der Waals surface area contributed by atoms with Crippen molar-refractivity contribution in [2.45, 2.75) is 50.4 Å². The van der Waals surface area contributed by atoms with E-state index in [1.165, 1.54) is 18.2 Å². The molecule has 0 amide bonds. The van der Waals surface area contributed by atoms with Crippen LogP contribution in [0.1, 0.15) is 31.2 Å². The molecule has 5 heteroatoms. The predicted molar refractivity (Wildman–Crippen MR) is 92.2 cm³/mol. The van der Waals surface area contributed by atoms with Crippen molar-refractivity contribution in [3.05, 3.63) is 64.9 Å². The summed E-state index contributed by atoms with van der Waals surface area (Å²) < 4.78 is 27.6. The van der Waals surface area contributed by atoms with E-state index in [9.17, 15) is 19.0 Å². The average Bonchev–Trinajstić information content (AvgIpc) is 2.74. The Morgan fingerprint density at radius 3 is 2.76 bits per heavy atom. The number of aliphatic hydroxyl groups is 2. The van der Waals surface area contributed by atoms with E-state index >= 15 is 0 Å². The van der Waals surface area contributed by atoms with Gasteiger partial charge in [0.2, 0.25) is 0 Å². The smallest absolute Gasteiger partial charge is 0.123 e. The minimum atomic E-state index is -0.900. The Kier molecular flexibility index (Phi) is 4.21. The molecule has 2 N–H and O–H groups in total. The van der Waals surface area contributed by atoms with Crippen LogP contribution in [0.25, 0.3) is 0 Å². The van der Waals surface area contributed by atoms with E-state index in [2.05, 4.69) is 0 Å². The molecule has 2 aliphatic carbocycles. The third-order valence-corrected chi connectivity index (χ3v) is 5.36. The molecule has 4 rings (SSSR count). The normalized spacial score (nSPS) is 29.0. The number of nitrogens with zero attached hydrogens (tertiary/aromatic N) is 1. The van der Waals surface area contributed by atoms with Gasteiger partial charge in [0.15, 0.2) is 0 Å². The van der Waals surface area contributed by atoms with E-state index in [0.29, 0.717) is 19.3 Å². The van der Waals surface area contributed by atoms with Gasteiger partial charge in [-0.3, -0.25) is 0 Å². The Morgan fingerprint density at radius 1 is 1.08 bits per heavy atom. The van der Waals surface area contributed by atoms with Gasteiger partial charge in [0, 0.05) is 17.8 Å². The van der Waals surface area contributed by atoms with Crippen molar-refractivity contribution in [2.75, 3.05) is 4.90 Å². The van der Waals surface area contributed by atoms with Gasteiger partial charge in [-0.05, 0) is 67.2 Å². The second-order valence-corrected chi connectivity index (χ2v) is 6.97. The van der Waals surface area contributed by atoms with Crippen LogP contribution in [-0.2, 0) is 6.42 Å². The quantitative estimate of drug-likeness (QED) is 0.818. The van der Waals surface area contributed by atoms with Crippen molar-refractivity contribution in [3.63, 3.8) is 0 Å². The van der Waals surface area contributed by atoms with E-state index in [0.717, 1.165) is 28.9 Å². The number of hydrogen-bond acceptors (Lipinski definition) is 3. The first-order valence-electron chi connectivity index (χ1n) is 8.74. The summed E-state index contributed by atoms with van der Waals surface area (Å²) in [7, 11) is 0. The van der Waals surface area contributed by atoms with Crippen LogP contribution in [0, 0.1) is 5.82 Å². The maximum atomic E-state index is 13.8. The average molecular weight is 345 g/mol. The highest BCUT2D eigenvalue weighted by atomic mass is 19.1. The molecule has 1 saturated carbocycles. The van der Waals surface area contributed by atoms with Crippen molar-refractivity contribution in [2.24, 2.45) is 0 Å². The molecular formula is C20H21F2NO2. The lowest BCUT2D eigenvalue weighted by Gasteiger charge is -2.43. The number of benzene rings is 1. The maximum absolute atomic E-state index is 13.8. The number of hydrogen-bond donors (Lipinski definition) is 2. The topological polar surface area (TPSA) is 43.7 Å². The summed E-state index contributed by atoms with van der Waals surface area (Å²) in [4.78, 5) is 1.98. The van der Waals surface area contributed by atoms with E-state index < -0.39 is 12.2 Å². The summed E-state index contributed by atoms with van der Waals surface area (Å²) in [6.07, 6.45) is 6.20. The van der Waals surface area contributed by atoms with Gasteiger partial charge < -0.3 is 15.1 Å². The van der Waals surface area contributed by atoms with Gasteiger partial charge in [-0.15, -0.1) is 0 Å². The molecule has 25 heavy (non-hydrogen) atoms. The molecule has 0 spiro atoms.